The molecule has 1 aliphatic rings. The average molecular weight is 295 g/mol. The Morgan fingerprint density at radius 1 is 1.43 bits per heavy atom. The fourth-order valence-electron chi connectivity index (χ4n) is 2.96. The van der Waals surface area contributed by atoms with Crippen molar-refractivity contribution >= 4 is 0 Å². The average Bonchev–Trinajstić information content (AvgIpc) is 2.51. The van der Waals surface area contributed by atoms with E-state index in [2.05, 4.69) is 15.2 Å². The Labute approximate surface area is 126 Å². The van der Waals surface area contributed by atoms with Crippen LogP contribution in [0.25, 0.3) is 0 Å². The van der Waals surface area contributed by atoms with Crippen LogP contribution in [0.4, 0.5) is 4.39 Å². The number of piperidine rings is 1. The third-order valence-electron chi connectivity index (χ3n) is 4.30. The predicted octanol–water partition coefficient (Wildman–Crippen LogP) is 2.23. The van der Waals surface area contributed by atoms with E-state index in [1.54, 1.807) is 13.2 Å². The summed E-state index contributed by atoms with van der Waals surface area (Å²) in [6, 6.07) is 3.42. The first-order valence-electron chi connectivity index (χ1n) is 7.73. The lowest BCUT2D eigenvalue weighted by atomic mass is 9.97. The maximum Gasteiger partial charge on any atom is 0.141 e. The van der Waals surface area contributed by atoms with E-state index in [-0.39, 0.29) is 11.9 Å². The summed E-state index contributed by atoms with van der Waals surface area (Å²) in [6.45, 7) is 4.21. The van der Waals surface area contributed by atoms with E-state index in [1.165, 1.54) is 25.1 Å². The lowest BCUT2D eigenvalue weighted by molar-refractivity contribution is 0.0978. The molecule has 2 rings (SSSR count). The number of aromatic nitrogens is 1. The van der Waals surface area contributed by atoms with Crippen molar-refractivity contribution < 1.29 is 9.13 Å². The Morgan fingerprint density at radius 3 is 2.76 bits per heavy atom. The summed E-state index contributed by atoms with van der Waals surface area (Å²) in [6.07, 6.45) is 4.71. The van der Waals surface area contributed by atoms with E-state index < -0.39 is 0 Å². The topological polar surface area (TPSA) is 37.4 Å². The molecular weight excluding hydrogens is 269 g/mol. The van der Waals surface area contributed by atoms with Gasteiger partial charge in [0.15, 0.2) is 0 Å². The molecular formula is C16H26FN3O. The van der Waals surface area contributed by atoms with Gasteiger partial charge in [-0.25, -0.2) is 4.39 Å². The smallest absolute Gasteiger partial charge is 0.141 e. The van der Waals surface area contributed by atoms with E-state index in [4.69, 9.17) is 4.74 Å². The van der Waals surface area contributed by atoms with E-state index in [1.807, 2.05) is 7.05 Å². The molecule has 0 radical (unpaired) electrons. The predicted molar refractivity (Wildman–Crippen MR) is 81.7 cm³/mol. The number of hydrogen-bond donors (Lipinski definition) is 1. The van der Waals surface area contributed by atoms with Crippen LogP contribution >= 0.6 is 0 Å². The lowest BCUT2D eigenvalue weighted by Gasteiger charge is -2.32. The first-order chi connectivity index (χ1) is 10.2. The van der Waals surface area contributed by atoms with Crippen molar-refractivity contribution in [3.63, 3.8) is 0 Å². The molecule has 4 nitrogen and oxygen atoms in total. The third kappa shape index (κ3) is 5.02. The molecule has 5 heteroatoms. The highest BCUT2D eigenvalue weighted by molar-refractivity contribution is 5.09. The molecule has 0 aliphatic carbocycles. The minimum Gasteiger partial charge on any atom is -0.384 e. The van der Waals surface area contributed by atoms with Gasteiger partial charge in [-0.2, -0.15) is 0 Å². The van der Waals surface area contributed by atoms with Crippen LogP contribution in [0.3, 0.4) is 0 Å². The fourth-order valence-corrected chi connectivity index (χ4v) is 2.96. The van der Waals surface area contributed by atoms with Gasteiger partial charge >= 0.3 is 0 Å². The summed E-state index contributed by atoms with van der Waals surface area (Å²) in [5.41, 5.74) is 0.910. The standard InChI is InChI=1S/C16H26FN3O/c1-18-15(16-4-3-14(17)11-19-16)7-10-20-8-5-13(6-9-20)12-21-2/h3-4,11,13,15,18H,5-10,12H2,1-2H3. The molecule has 0 saturated carbocycles. The Kier molecular flexibility index (Phi) is 6.54. The second-order valence-corrected chi connectivity index (χ2v) is 5.77. The van der Waals surface area contributed by atoms with Crippen LogP contribution in [-0.2, 0) is 4.74 Å². The first-order valence-corrected chi connectivity index (χ1v) is 7.73. The SMILES string of the molecule is CNC(CCN1CCC(COC)CC1)c1ccc(F)cn1. The van der Waals surface area contributed by atoms with Gasteiger partial charge in [-0.15, -0.1) is 0 Å². The molecule has 1 atom stereocenters. The largest absolute Gasteiger partial charge is 0.384 e. The van der Waals surface area contributed by atoms with Crippen LogP contribution in [0.2, 0.25) is 0 Å². The number of nitrogens with zero attached hydrogens (tertiary/aromatic N) is 2. The maximum absolute atomic E-state index is 12.9. The summed E-state index contributed by atoms with van der Waals surface area (Å²) in [4.78, 5) is 6.68. The van der Waals surface area contributed by atoms with Gasteiger partial charge in [0.1, 0.15) is 5.82 Å². The van der Waals surface area contributed by atoms with E-state index in [0.29, 0.717) is 5.92 Å². The molecule has 1 fully saturated rings. The van der Waals surface area contributed by atoms with Crippen molar-refractivity contribution in [3.05, 3.63) is 29.8 Å². The second-order valence-electron chi connectivity index (χ2n) is 5.77. The van der Waals surface area contributed by atoms with Gasteiger partial charge in [0, 0.05) is 13.7 Å². The van der Waals surface area contributed by atoms with Crippen molar-refractivity contribution in [3.8, 4) is 0 Å². The van der Waals surface area contributed by atoms with Crippen molar-refractivity contribution in [2.24, 2.45) is 5.92 Å². The zero-order valence-electron chi connectivity index (χ0n) is 13.0. The molecule has 1 aromatic rings. The zero-order chi connectivity index (χ0) is 15.1. The highest BCUT2D eigenvalue weighted by Gasteiger charge is 2.20. The summed E-state index contributed by atoms with van der Waals surface area (Å²) in [5, 5.41) is 3.27. The molecule has 2 heterocycles. The Bertz CT molecular complexity index is 404. The monoisotopic (exact) mass is 295 g/mol. The number of pyridine rings is 1. The summed E-state index contributed by atoms with van der Waals surface area (Å²) in [7, 11) is 3.71. The van der Waals surface area contributed by atoms with Crippen molar-refractivity contribution in [2.75, 3.05) is 40.4 Å². The van der Waals surface area contributed by atoms with Gasteiger partial charge in [-0.3, -0.25) is 4.98 Å². The normalized spacial score (nSPS) is 18.8. The molecule has 118 valence electrons. The quantitative estimate of drug-likeness (QED) is 0.837. The minimum atomic E-state index is -0.284. The highest BCUT2D eigenvalue weighted by Crippen LogP contribution is 2.20. The van der Waals surface area contributed by atoms with Crippen LogP contribution in [0.1, 0.15) is 31.0 Å². The number of ether oxygens (including phenoxy) is 1. The molecule has 1 aromatic heterocycles. The Morgan fingerprint density at radius 2 is 2.19 bits per heavy atom. The van der Waals surface area contributed by atoms with Crippen LogP contribution in [0.5, 0.6) is 0 Å². The number of hydrogen-bond acceptors (Lipinski definition) is 4. The van der Waals surface area contributed by atoms with E-state index in [0.717, 1.165) is 38.4 Å². The minimum absolute atomic E-state index is 0.183. The van der Waals surface area contributed by atoms with Gasteiger partial charge in [0.25, 0.3) is 0 Å². The van der Waals surface area contributed by atoms with Gasteiger partial charge in [-0.05, 0) is 64.0 Å². The molecule has 1 saturated heterocycles. The summed E-state index contributed by atoms with van der Waals surface area (Å²) < 4.78 is 18.2. The number of likely N-dealkylation sites (tertiary alicyclic amines) is 1. The lowest BCUT2D eigenvalue weighted by Crippen LogP contribution is -2.37. The van der Waals surface area contributed by atoms with Crippen LogP contribution in [0, 0.1) is 11.7 Å². The van der Waals surface area contributed by atoms with Crippen molar-refractivity contribution in [2.45, 2.75) is 25.3 Å². The van der Waals surface area contributed by atoms with E-state index in [9.17, 15) is 4.39 Å². The Hall–Kier alpha value is -1.04. The van der Waals surface area contributed by atoms with Crippen LogP contribution in [0.15, 0.2) is 18.3 Å². The molecule has 0 amide bonds. The maximum atomic E-state index is 12.9. The molecule has 0 aromatic carbocycles. The summed E-state index contributed by atoms with van der Waals surface area (Å²) >= 11 is 0. The van der Waals surface area contributed by atoms with Gasteiger partial charge in [-0.1, -0.05) is 0 Å². The number of methoxy groups -OCH3 is 1. The number of nitrogens with one attached hydrogen (secondary N) is 1. The van der Waals surface area contributed by atoms with Crippen LogP contribution < -0.4 is 5.32 Å². The number of halogens is 1. The number of rotatable bonds is 7. The van der Waals surface area contributed by atoms with Gasteiger partial charge in [0.2, 0.25) is 0 Å². The van der Waals surface area contributed by atoms with Gasteiger partial charge in [0.05, 0.1) is 17.9 Å². The molecule has 1 aliphatic heterocycles. The van der Waals surface area contributed by atoms with E-state index >= 15 is 0 Å². The molecule has 0 bridgehead atoms. The zero-order valence-corrected chi connectivity index (χ0v) is 13.0. The first kappa shape index (κ1) is 16.3. The second kappa shape index (κ2) is 8.41. The molecule has 21 heavy (non-hydrogen) atoms. The third-order valence-corrected chi connectivity index (χ3v) is 4.30. The fraction of sp³-hybridized carbons (Fsp3) is 0.688. The molecule has 1 unspecified atom stereocenters. The van der Waals surface area contributed by atoms with Crippen molar-refractivity contribution in [1.82, 2.24) is 15.2 Å². The molecule has 1 N–H and O–H groups in total. The Balaban J connectivity index is 1.77. The summed E-state index contributed by atoms with van der Waals surface area (Å²) in [5.74, 6) is 0.430. The molecule has 0 spiro atoms. The highest BCUT2D eigenvalue weighted by atomic mass is 19.1. The van der Waals surface area contributed by atoms with Crippen molar-refractivity contribution in [1.29, 1.82) is 0 Å². The van der Waals surface area contributed by atoms with Gasteiger partial charge < -0.3 is 15.0 Å². The van der Waals surface area contributed by atoms with Crippen LogP contribution in [-0.4, -0.2) is 50.3 Å².